The van der Waals surface area contributed by atoms with Gasteiger partial charge in [0.1, 0.15) is 0 Å². The maximum absolute atomic E-state index is 12.9. The molecule has 0 aromatic heterocycles. The van der Waals surface area contributed by atoms with Crippen molar-refractivity contribution in [1.29, 1.82) is 0 Å². The Labute approximate surface area is 128 Å². The molecule has 1 fully saturated rings. The summed E-state index contributed by atoms with van der Waals surface area (Å²) in [6.45, 7) is 1.55. The molecule has 3 aliphatic heterocycles. The molecule has 0 radical (unpaired) electrons. The molecule has 1 aliphatic carbocycles. The summed E-state index contributed by atoms with van der Waals surface area (Å²) < 4.78 is 16.5. The number of hydrogen-bond acceptors (Lipinski definition) is 5. The van der Waals surface area contributed by atoms with Crippen molar-refractivity contribution in [2.24, 2.45) is 0 Å². The molecule has 0 spiro atoms. The first-order valence-electron chi connectivity index (χ1n) is 7.65. The van der Waals surface area contributed by atoms with Crippen LogP contribution in [0.25, 0.3) is 0 Å². The van der Waals surface area contributed by atoms with Crippen molar-refractivity contribution in [1.82, 2.24) is 4.90 Å². The smallest absolute Gasteiger partial charge is 0.231 e. The number of ketones is 1. The van der Waals surface area contributed by atoms with Gasteiger partial charge in [0.2, 0.25) is 6.79 Å². The van der Waals surface area contributed by atoms with Crippen LogP contribution in [0.15, 0.2) is 24.3 Å². The summed E-state index contributed by atoms with van der Waals surface area (Å²) in [6, 6.07) is 4.24. The van der Waals surface area contributed by atoms with Gasteiger partial charge in [-0.3, -0.25) is 9.69 Å². The summed E-state index contributed by atoms with van der Waals surface area (Å²) in [4.78, 5) is 15.1. The zero-order valence-corrected chi connectivity index (χ0v) is 12.4. The van der Waals surface area contributed by atoms with E-state index in [0.717, 1.165) is 30.0 Å². The van der Waals surface area contributed by atoms with E-state index in [1.54, 1.807) is 7.11 Å². The first kappa shape index (κ1) is 12.7. The van der Waals surface area contributed by atoms with E-state index in [1.807, 2.05) is 18.2 Å². The lowest BCUT2D eigenvalue weighted by Crippen LogP contribution is -2.51. The molecule has 1 aromatic rings. The van der Waals surface area contributed by atoms with Gasteiger partial charge in [0.25, 0.3) is 0 Å². The Morgan fingerprint density at radius 3 is 2.91 bits per heavy atom. The van der Waals surface area contributed by atoms with E-state index in [4.69, 9.17) is 14.2 Å². The lowest BCUT2D eigenvalue weighted by atomic mass is 9.66. The maximum Gasteiger partial charge on any atom is 0.231 e. The van der Waals surface area contributed by atoms with Gasteiger partial charge in [-0.2, -0.15) is 0 Å². The van der Waals surface area contributed by atoms with Crippen molar-refractivity contribution in [2.75, 3.05) is 20.4 Å². The monoisotopic (exact) mass is 299 g/mol. The van der Waals surface area contributed by atoms with E-state index in [9.17, 15) is 4.79 Å². The zero-order valence-electron chi connectivity index (χ0n) is 12.4. The highest BCUT2D eigenvalue weighted by atomic mass is 16.7. The van der Waals surface area contributed by atoms with Crippen LogP contribution in [0.5, 0.6) is 11.5 Å². The fraction of sp³-hybridized carbons (Fsp3) is 0.471. The first-order valence-corrected chi connectivity index (χ1v) is 7.65. The molecule has 114 valence electrons. The fourth-order valence-corrected chi connectivity index (χ4v) is 4.48. The predicted octanol–water partition coefficient (Wildman–Crippen LogP) is 1.39. The predicted molar refractivity (Wildman–Crippen MR) is 78.0 cm³/mol. The number of nitrogens with zero attached hydrogens (tertiary/aromatic N) is 1. The molecule has 1 unspecified atom stereocenters. The van der Waals surface area contributed by atoms with Crippen molar-refractivity contribution >= 4 is 5.78 Å². The summed E-state index contributed by atoms with van der Waals surface area (Å²) in [5.74, 6) is 1.82. The second-order valence-corrected chi connectivity index (χ2v) is 6.44. The van der Waals surface area contributed by atoms with E-state index in [1.165, 1.54) is 5.56 Å². The molecule has 5 heteroatoms. The van der Waals surface area contributed by atoms with E-state index in [2.05, 4.69) is 11.0 Å². The average molecular weight is 299 g/mol. The van der Waals surface area contributed by atoms with Gasteiger partial charge in [-0.25, -0.2) is 0 Å². The molecule has 1 saturated heterocycles. The number of carbonyl (C=O) groups is 1. The molecule has 5 rings (SSSR count). The van der Waals surface area contributed by atoms with Crippen LogP contribution in [0.4, 0.5) is 0 Å². The third-order valence-electron chi connectivity index (χ3n) is 5.52. The van der Waals surface area contributed by atoms with Crippen LogP contribution in [0.3, 0.4) is 0 Å². The van der Waals surface area contributed by atoms with Gasteiger partial charge in [-0.15, -0.1) is 0 Å². The third-order valence-corrected chi connectivity index (χ3v) is 5.52. The molecule has 22 heavy (non-hydrogen) atoms. The van der Waals surface area contributed by atoms with E-state index < -0.39 is 5.41 Å². The van der Waals surface area contributed by atoms with E-state index in [-0.39, 0.29) is 24.7 Å². The topological polar surface area (TPSA) is 48.0 Å². The van der Waals surface area contributed by atoms with Crippen molar-refractivity contribution in [3.05, 3.63) is 35.4 Å². The van der Waals surface area contributed by atoms with Gasteiger partial charge in [0.15, 0.2) is 17.3 Å². The minimum atomic E-state index is -0.538. The fourth-order valence-electron chi connectivity index (χ4n) is 4.48. The molecule has 0 N–H and O–H groups in total. The van der Waals surface area contributed by atoms with Crippen LogP contribution in [-0.4, -0.2) is 43.3 Å². The molecule has 0 amide bonds. The van der Waals surface area contributed by atoms with Gasteiger partial charge in [-0.1, -0.05) is 12.2 Å². The van der Waals surface area contributed by atoms with Crippen LogP contribution >= 0.6 is 0 Å². The van der Waals surface area contributed by atoms with Crippen molar-refractivity contribution in [3.63, 3.8) is 0 Å². The van der Waals surface area contributed by atoms with Crippen LogP contribution < -0.4 is 9.47 Å². The highest BCUT2D eigenvalue weighted by molar-refractivity contribution is 5.98. The molecule has 4 aliphatic rings. The van der Waals surface area contributed by atoms with Crippen LogP contribution in [-0.2, 0) is 21.5 Å². The number of Topliss-reactive ketones (excluding diaryl/α,β-unsaturated/α-hetero) is 1. The lowest BCUT2D eigenvalue weighted by molar-refractivity contribution is -0.120. The summed E-state index contributed by atoms with van der Waals surface area (Å²) in [5, 5.41) is 0. The number of rotatable bonds is 1. The Balaban J connectivity index is 1.73. The second kappa shape index (κ2) is 4.12. The highest BCUT2D eigenvalue weighted by Crippen LogP contribution is 2.52. The average Bonchev–Trinajstić information content (AvgIpc) is 3.06. The molecular formula is C17H17NO4. The van der Waals surface area contributed by atoms with Crippen molar-refractivity contribution < 1.29 is 19.0 Å². The van der Waals surface area contributed by atoms with Crippen molar-refractivity contribution in [3.8, 4) is 11.5 Å². The largest absolute Gasteiger partial charge is 0.454 e. The zero-order chi connectivity index (χ0) is 14.9. The van der Waals surface area contributed by atoms with Crippen LogP contribution in [0, 0.1) is 0 Å². The number of carbonyl (C=O) groups excluding carboxylic acids is 1. The van der Waals surface area contributed by atoms with Crippen LogP contribution in [0.2, 0.25) is 0 Å². The number of ether oxygens (including phenoxy) is 3. The van der Waals surface area contributed by atoms with Gasteiger partial charge in [-0.05, 0) is 29.7 Å². The van der Waals surface area contributed by atoms with Gasteiger partial charge >= 0.3 is 0 Å². The summed E-state index contributed by atoms with van der Waals surface area (Å²) in [7, 11) is 1.72. The Bertz CT molecular complexity index is 713. The highest BCUT2D eigenvalue weighted by Gasteiger charge is 2.58. The van der Waals surface area contributed by atoms with Crippen molar-refractivity contribution in [2.45, 2.75) is 30.5 Å². The molecule has 0 saturated carbocycles. The van der Waals surface area contributed by atoms with Gasteiger partial charge in [0, 0.05) is 19.7 Å². The quantitative estimate of drug-likeness (QED) is 0.734. The van der Waals surface area contributed by atoms with Gasteiger partial charge in [0.05, 0.1) is 18.1 Å². The normalized spacial score (nSPS) is 37.1. The number of benzene rings is 1. The molecule has 5 nitrogen and oxygen atoms in total. The Kier molecular flexibility index (Phi) is 2.37. The summed E-state index contributed by atoms with van der Waals surface area (Å²) >= 11 is 0. The molecule has 1 aromatic carbocycles. The molecule has 3 heterocycles. The number of hydrogen-bond donors (Lipinski definition) is 0. The second-order valence-electron chi connectivity index (χ2n) is 6.44. The lowest BCUT2D eigenvalue weighted by Gasteiger charge is -2.44. The first-order chi connectivity index (χ1) is 10.7. The standard InChI is InChI=1S/C17H17NO4/c1-20-11-2-3-17-12-6-14-13(21-9-22-14)4-10(12)7-18(8-16(17)19)15(17)5-11/h2-4,6,11,15H,5,7-9H2,1H3/t11-,15-,17-/m0/s1. The Hall–Kier alpha value is -1.85. The SMILES string of the molecule is CO[C@H]1C=C[C@]23C(=O)CN(Cc4cc5c(cc42)OCO5)[C@H]3C1. The van der Waals surface area contributed by atoms with E-state index in [0.29, 0.717) is 6.54 Å². The molecular weight excluding hydrogens is 282 g/mol. The Morgan fingerprint density at radius 1 is 1.27 bits per heavy atom. The summed E-state index contributed by atoms with van der Waals surface area (Å²) in [6.07, 6.45) is 5.05. The number of fused-ring (bicyclic) bond motifs is 2. The maximum atomic E-state index is 12.9. The summed E-state index contributed by atoms with van der Waals surface area (Å²) in [5.41, 5.74) is 1.72. The van der Waals surface area contributed by atoms with E-state index >= 15 is 0 Å². The Morgan fingerprint density at radius 2 is 2.09 bits per heavy atom. The minimum absolute atomic E-state index is 0.0853. The molecule has 2 bridgehead atoms. The minimum Gasteiger partial charge on any atom is -0.454 e. The van der Waals surface area contributed by atoms with Crippen LogP contribution in [0.1, 0.15) is 17.5 Å². The third kappa shape index (κ3) is 1.38. The molecule has 4 atom stereocenters. The van der Waals surface area contributed by atoms with Gasteiger partial charge < -0.3 is 14.2 Å². The number of methoxy groups -OCH3 is 1.